The maximum atomic E-state index is 13.9. The minimum Gasteiger partial charge on any atom is -0.493 e. The first-order valence-electron chi connectivity index (χ1n) is 14.6. The van der Waals surface area contributed by atoms with Gasteiger partial charge in [-0.2, -0.15) is 0 Å². The number of benzene rings is 1. The van der Waals surface area contributed by atoms with Crippen molar-refractivity contribution in [3.8, 4) is 33.2 Å². The van der Waals surface area contributed by atoms with E-state index in [9.17, 15) is 9.59 Å². The predicted molar refractivity (Wildman–Crippen MR) is 159 cm³/mol. The summed E-state index contributed by atoms with van der Waals surface area (Å²) in [5.74, 6) is 2.15. The molecule has 0 radical (unpaired) electrons. The summed E-state index contributed by atoms with van der Waals surface area (Å²) in [4.78, 5) is 32.1. The molecule has 8 heteroatoms. The second-order valence-electron chi connectivity index (χ2n) is 11.5. The average molecular weight is 562 g/mol. The van der Waals surface area contributed by atoms with Gasteiger partial charge in [-0.1, -0.05) is 12.5 Å². The fourth-order valence-electron chi connectivity index (χ4n) is 6.24. The molecule has 1 saturated heterocycles. The maximum Gasteiger partial charge on any atom is 0.225 e. The van der Waals surface area contributed by atoms with Gasteiger partial charge in [-0.15, -0.1) is 11.3 Å². The number of fused-ring (bicyclic) bond motifs is 3. The molecule has 0 spiro atoms. The Bertz CT molecular complexity index is 1390. The molecule has 2 aliphatic heterocycles. The Morgan fingerprint density at radius 1 is 1.00 bits per heavy atom. The fourth-order valence-corrected chi connectivity index (χ4v) is 6.98. The van der Waals surface area contributed by atoms with Gasteiger partial charge in [0.05, 0.1) is 31.1 Å². The Morgan fingerprint density at radius 3 is 2.55 bits per heavy atom. The van der Waals surface area contributed by atoms with E-state index in [0.717, 1.165) is 90.8 Å². The van der Waals surface area contributed by atoms with Crippen LogP contribution in [-0.4, -0.2) is 72.0 Å². The number of rotatable bonds is 8. The number of thiophene rings is 1. The van der Waals surface area contributed by atoms with Crippen molar-refractivity contribution < 1.29 is 19.1 Å². The van der Waals surface area contributed by atoms with Crippen molar-refractivity contribution in [2.24, 2.45) is 5.92 Å². The predicted octanol–water partition coefficient (Wildman–Crippen LogP) is 5.75. The lowest BCUT2D eigenvalue weighted by Gasteiger charge is -2.31. The molecule has 6 rings (SSSR count). The summed E-state index contributed by atoms with van der Waals surface area (Å²) in [5, 5.41) is 2.08. The zero-order valence-electron chi connectivity index (χ0n) is 23.8. The number of hydrogen-bond donors (Lipinski definition) is 0. The SMILES string of the molecule is COc1cc2c(cc1OC(C)C)-c1c(-c3cccs3)cc(C(=O)CN3CCCN(C(=O)C4CCC4)CC3)n1CC2. The van der Waals surface area contributed by atoms with E-state index in [1.807, 2.05) is 18.7 Å². The number of hydrogen-bond acceptors (Lipinski definition) is 6. The molecule has 40 heavy (non-hydrogen) atoms. The highest BCUT2D eigenvalue weighted by molar-refractivity contribution is 7.13. The molecule has 0 atom stereocenters. The van der Waals surface area contributed by atoms with Crippen molar-refractivity contribution in [1.29, 1.82) is 0 Å². The van der Waals surface area contributed by atoms with Crippen LogP contribution in [0.15, 0.2) is 35.7 Å². The van der Waals surface area contributed by atoms with Crippen LogP contribution in [0.3, 0.4) is 0 Å². The first kappa shape index (κ1) is 27.1. The van der Waals surface area contributed by atoms with Gasteiger partial charge in [0.15, 0.2) is 17.3 Å². The number of ketones is 1. The van der Waals surface area contributed by atoms with Gasteiger partial charge in [0.2, 0.25) is 5.91 Å². The first-order valence-corrected chi connectivity index (χ1v) is 15.5. The molecule has 2 aromatic heterocycles. The van der Waals surface area contributed by atoms with Crippen molar-refractivity contribution in [2.45, 2.75) is 58.6 Å². The van der Waals surface area contributed by atoms with Crippen molar-refractivity contribution in [1.82, 2.24) is 14.4 Å². The van der Waals surface area contributed by atoms with Gasteiger partial charge in [-0.05, 0) is 74.7 Å². The monoisotopic (exact) mass is 561 g/mol. The Labute approximate surface area is 240 Å². The van der Waals surface area contributed by atoms with Crippen LogP contribution in [-0.2, 0) is 17.8 Å². The van der Waals surface area contributed by atoms with Gasteiger partial charge < -0.3 is 18.9 Å². The quantitative estimate of drug-likeness (QED) is 0.328. The molecule has 212 valence electrons. The lowest BCUT2D eigenvalue weighted by molar-refractivity contribution is -0.138. The van der Waals surface area contributed by atoms with Crippen LogP contribution in [0.4, 0.5) is 0 Å². The van der Waals surface area contributed by atoms with Crippen molar-refractivity contribution in [3.05, 3.63) is 47.0 Å². The van der Waals surface area contributed by atoms with Crippen molar-refractivity contribution in [3.63, 3.8) is 0 Å². The number of aromatic nitrogens is 1. The minimum atomic E-state index is 0.0183. The molecule has 3 aromatic rings. The Kier molecular flexibility index (Phi) is 7.73. The summed E-state index contributed by atoms with van der Waals surface area (Å²) in [5.41, 5.74) is 5.24. The Balaban J connectivity index is 1.29. The number of ether oxygens (including phenoxy) is 2. The molecule has 1 saturated carbocycles. The lowest BCUT2D eigenvalue weighted by Crippen LogP contribution is -2.41. The topological polar surface area (TPSA) is 64.0 Å². The minimum absolute atomic E-state index is 0.0183. The number of carbonyl (C=O) groups excluding carboxylic acids is 2. The second kappa shape index (κ2) is 11.4. The zero-order chi connectivity index (χ0) is 27.8. The molecule has 7 nitrogen and oxygen atoms in total. The molecule has 1 aromatic carbocycles. The molecule has 0 unspecified atom stereocenters. The largest absolute Gasteiger partial charge is 0.493 e. The zero-order valence-corrected chi connectivity index (χ0v) is 24.6. The summed E-state index contributed by atoms with van der Waals surface area (Å²) in [6.45, 7) is 8.23. The number of nitrogens with zero attached hydrogens (tertiary/aromatic N) is 3. The van der Waals surface area contributed by atoms with E-state index in [-0.39, 0.29) is 17.8 Å². The third-order valence-corrected chi connectivity index (χ3v) is 9.41. The fraction of sp³-hybridized carbons (Fsp3) is 0.500. The summed E-state index contributed by atoms with van der Waals surface area (Å²) >= 11 is 1.69. The molecule has 0 bridgehead atoms. The van der Waals surface area contributed by atoms with Gasteiger partial charge in [0, 0.05) is 54.6 Å². The number of amides is 1. The van der Waals surface area contributed by atoms with E-state index >= 15 is 0 Å². The highest BCUT2D eigenvalue weighted by Crippen LogP contribution is 2.45. The number of Topliss-reactive ketones (excluding diaryl/α,β-unsaturated/α-hetero) is 1. The highest BCUT2D eigenvalue weighted by Gasteiger charge is 2.32. The molecule has 3 aliphatic rings. The third-order valence-electron chi connectivity index (χ3n) is 8.50. The van der Waals surface area contributed by atoms with E-state index in [1.165, 1.54) is 12.0 Å². The van der Waals surface area contributed by atoms with E-state index in [1.54, 1.807) is 18.4 Å². The molecule has 2 fully saturated rings. The number of methoxy groups -OCH3 is 1. The summed E-state index contributed by atoms with van der Waals surface area (Å²) < 4.78 is 14.0. The van der Waals surface area contributed by atoms with Crippen LogP contribution in [0, 0.1) is 5.92 Å². The van der Waals surface area contributed by atoms with Crippen LogP contribution < -0.4 is 9.47 Å². The number of carbonyl (C=O) groups is 2. The van der Waals surface area contributed by atoms with E-state index in [2.05, 4.69) is 45.2 Å². The second-order valence-corrected chi connectivity index (χ2v) is 12.5. The highest BCUT2D eigenvalue weighted by atomic mass is 32.1. The van der Waals surface area contributed by atoms with Crippen LogP contribution in [0.25, 0.3) is 21.7 Å². The van der Waals surface area contributed by atoms with Gasteiger partial charge in [0.1, 0.15) is 0 Å². The summed E-state index contributed by atoms with van der Waals surface area (Å²) in [6, 6.07) is 10.5. The van der Waals surface area contributed by atoms with E-state index < -0.39 is 0 Å². The molecule has 1 amide bonds. The maximum absolute atomic E-state index is 13.9. The number of aryl methyl sites for hydroxylation is 1. The standard InChI is InChI=1S/C32H39N3O4S/c1-21(2)39-29-19-24-23(17-28(29)38-3)10-13-35-26(18-25(31(24)35)30-9-5-16-40-30)27(36)20-33-11-6-12-34(15-14-33)32(37)22-7-4-8-22/h5,9,16-19,21-22H,4,6-8,10-15,20H2,1-3H3. The Morgan fingerprint density at radius 2 is 1.85 bits per heavy atom. The molecular weight excluding hydrogens is 522 g/mol. The smallest absolute Gasteiger partial charge is 0.225 e. The van der Waals surface area contributed by atoms with Gasteiger partial charge in [-0.25, -0.2) is 0 Å². The van der Waals surface area contributed by atoms with Crippen LogP contribution in [0.1, 0.15) is 55.6 Å². The molecule has 1 aliphatic carbocycles. The van der Waals surface area contributed by atoms with Crippen molar-refractivity contribution >= 4 is 23.0 Å². The van der Waals surface area contributed by atoms with Crippen LogP contribution >= 0.6 is 11.3 Å². The van der Waals surface area contributed by atoms with Crippen molar-refractivity contribution in [2.75, 3.05) is 39.8 Å². The molecule has 0 N–H and O–H groups in total. The van der Waals surface area contributed by atoms with Crippen LogP contribution in [0.2, 0.25) is 0 Å². The van der Waals surface area contributed by atoms with E-state index in [0.29, 0.717) is 19.0 Å². The van der Waals surface area contributed by atoms with Gasteiger partial charge in [0.25, 0.3) is 0 Å². The third kappa shape index (κ3) is 5.19. The van der Waals surface area contributed by atoms with Crippen LogP contribution in [0.5, 0.6) is 11.5 Å². The van der Waals surface area contributed by atoms with Gasteiger partial charge >= 0.3 is 0 Å². The van der Waals surface area contributed by atoms with Gasteiger partial charge in [-0.3, -0.25) is 14.5 Å². The Hall–Kier alpha value is -3.10. The lowest BCUT2D eigenvalue weighted by atomic mass is 9.84. The average Bonchev–Trinajstić information content (AvgIpc) is 3.51. The first-order chi connectivity index (χ1) is 19.4. The summed E-state index contributed by atoms with van der Waals surface area (Å²) in [7, 11) is 1.68. The normalized spacial score (nSPS) is 17.6. The molecular formula is C32H39N3O4S. The molecule has 4 heterocycles. The van der Waals surface area contributed by atoms with E-state index in [4.69, 9.17) is 9.47 Å². The summed E-state index contributed by atoms with van der Waals surface area (Å²) in [6.07, 6.45) is 4.98.